The fourth-order valence-corrected chi connectivity index (χ4v) is 4.07. The summed E-state index contributed by atoms with van der Waals surface area (Å²) in [5.74, 6) is 0.633. The molecule has 0 amide bonds. The van der Waals surface area contributed by atoms with E-state index in [2.05, 4.69) is 24.9 Å². The molecule has 2 aromatic carbocycles. The minimum atomic E-state index is -4.85. The van der Waals surface area contributed by atoms with Gasteiger partial charge in [0.1, 0.15) is 5.82 Å². The van der Waals surface area contributed by atoms with Gasteiger partial charge >= 0.3 is 6.36 Å². The highest BCUT2D eigenvalue weighted by Crippen LogP contribution is 2.31. The Morgan fingerprint density at radius 1 is 1.14 bits per heavy atom. The Hall–Kier alpha value is -4.07. The number of piperazine rings is 1. The SMILES string of the molecule is CC(C)C1CN(c2cnc3ccccc3n2)CCN1/C(=N\C#N)Nc1ccccc1OC(F)(F)F. The minimum Gasteiger partial charge on any atom is -0.404 e. The molecule has 2 heterocycles. The number of benzene rings is 2. The number of hydrogen-bond acceptors (Lipinski definition) is 6. The number of fused-ring (bicyclic) bond motifs is 1. The molecule has 0 aliphatic carbocycles. The van der Waals surface area contributed by atoms with Crippen LogP contribution in [0.2, 0.25) is 0 Å². The number of para-hydroxylation sites is 4. The number of nitrogens with zero attached hydrogens (tertiary/aromatic N) is 6. The summed E-state index contributed by atoms with van der Waals surface area (Å²) in [6.07, 6.45) is -1.35. The molecule has 0 bridgehead atoms. The molecule has 0 radical (unpaired) electrons. The van der Waals surface area contributed by atoms with E-state index in [1.54, 1.807) is 18.5 Å². The van der Waals surface area contributed by atoms with Crippen LogP contribution in [0.3, 0.4) is 0 Å². The van der Waals surface area contributed by atoms with Crippen LogP contribution in [-0.4, -0.2) is 52.9 Å². The van der Waals surface area contributed by atoms with Crippen molar-refractivity contribution in [1.29, 1.82) is 5.26 Å². The third-order valence-electron chi connectivity index (χ3n) is 5.74. The first kappa shape index (κ1) is 24.1. The fourth-order valence-electron chi connectivity index (χ4n) is 4.07. The number of ether oxygens (including phenoxy) is 1. The van der Waals surface area contributed by atoms with E-state index in [0.29, 0.717) is 19.6 Å². The summed E-state index contributed by atoms with van der Waals surface area (Å²) in [5, 5.41) is 12.2. The van der Waals surface area contributed by atoms with E-state index in [4.69, 9.17) is 4.98 Å². The topological polar surface area (TPSA) is 89.7 Å². The Morgan fingerprint density at radius 3 is 2.57 bits per heavy atom. The zero-order chi connectivity index (χ0) is 25.0. The van der Waals surface area contributed by atoms with Gasteiger partial charge in [-0.3, -0.25) is 4.98 Å². The van der Waals surface area contributed by atoms with Gasteiger partial charge in [0.25, 0.3) is 0 Å². The molecular formula is C24H24F3N7O. The smallest absolute Gasteiger partial charge is 0.404 e. The average Bonchev–Trinajstić information content (AvgIpc) is 2.83. The molecule has 1 unspecified atom stereocenters. The van der Waals surface area contributed by atoms with Crippen molar-refractivity contribution >= 4 is 28.5 Å². The lowest BCUT2D eigenvalue weighted by Gasteiger charge is -2.44. The van der Waals surface area contributed by atoms with Gasteiger partial charge in [-0.05, 0) is 30.2 Å². The molecule has 1 fully saturated rings. The molecule has 182 valence electrons. The Bertz CT molecular complexity index is 1260. The van der Waals surface area contributed by atoms with Crippen LogP contribution in [0.5, 0.6) is 5.75 Å². The molecule has 4 rings (SSSR count). The molecule has 0 spiro atoms. The van der Waals surface area contributed by atoms with Crippen molar-refractivity contribution in [3.8, 4) is 11.9 Å². The van der Waals surface area contributed by atoms with E-state index in [0.717, 1.165) is 16.9 Å². The molecule has 1 aliphatic rings. The van der Waals surface area contributed by atoms with Crippen LogP contribution in [-0.2, 0) is 0 Å². The maximum atomic E-state index is 12.9. The molecule has 1 atom stereocenters. The second-order valence-corrected chi connectivity index (χ2v) is 8.37. The quantitative estimate of drug-likeness (QED) is 0.329. The van der Waals surface area contributed by atoms with E-state index in [1.807, 2.05) is 43.0 Å². The number of rotatable bonds is 4. The zero-order valence-corrected chi connectivity index (χ0v) is 19.2. The van der Waals surface area contributed by atoms with Gasteiger partial charge in [0, 0.05) is 19.6 Å². The van der Waals surface area contributed by atoms with Gasteiger partial charge in [-0.1, -0.05) is 38.1 Å². The van der Waals surface area contributed by atoms with Crippen LogP contribution in [0.4, 0.5) is 24.7 Å². The number of anilines is 2. The van der Waals surface area contributed by atoms with Crippen LogP contribution in [0.1, 0.15) is 13.8 Å². The summed E-state index contributed by atoms with van der Waals surface area (Å²) >= 11 is 0. The second kappa shape index (κ2) is 10.0. The number of aliphatic imine (C=N–C) groups is 1. The lowest BCUT2D eigenvalue weighted by Crippen LogP contribution is -2.58. The van der Waals surface area contributed by atoms with Gasteiger partial charge in [-0.2, -0.15) is 5.26 Å². The number of aromatic nitrogens is 2. The molecular weight excluding hydrogens is 459 g/mol. The van der Waals surface area contributed by atoms with Crippen LogP contribution in [0, 0.1) is 17.4 Å². The van der Waals surface area contributed by atoms with Gasteiger partial charge in [-0.25, -0.2) is 4.98 Å². The standard InChI is InChI=1S/C24H24F3N7O/c1-16(2)20-14-33(22-13-29-17-7-3-4-8-18(17)31-22)11-12-34(20)23(30-15-28)32-19-9-5-6-10-21(19)35-24(25,26)27/h3-10,13,16,20H,11-12,14H2,1-2H3,(H,30,32). The Morgan fingerprint density at radius 2 is 1.86 bits per heavy atom. The number of hydrogen-bond donors (Lipinski definition) is 1. The van der Waals surface area contributed by atoms with Crippen molar-refractivity contribution in [3.05, 3.63) is 54.7 Å². The summed E-state index contributed by atoms with van der Waals surface area (Å²) in [7, 11) is 0. The van der Waals surface area contributed by atoms with Crippen molar-refractivity contribution in [1.82, 2.24) is 14.9 Å². The summed E-state index contributed by atoms with van der Waals surface area (Å²) < 4.78 is 42.8. The molecule has 11 heteroatoms. The monoisotopic (exact) mass is 483 g/mol. The van der Waals surface area contributed by atoms with Gasteiger partial charge < -0.3 is 19.9 Å². The Balaban J connectivity index is 1.58. The number of nitrogens with one attached hydrogen (secondary N) is 1. The average molecular weight is 483 g/mol. The van der Waals surface area contributed by atoms with E-state index in [-0.39, 0.29) is 23.6 Å². The Labute approximate surface area is 200 Å². The largest absolute Gasteiger partial charge is 0.573 e. The number of nitriles is 1. The van der Waals surface area contributed by atoms with Crippen LogP contribution < -0.4 is 15.0 Å². The van der Waals surface area contributed by atoms with E-state index >= 15 is 0 Å². The normalized spacial score (nSPS) is 16.9. The number of alkyl halides is 3. The third kappa shape index (κ3) is 5.71. The molecule has 1 aliphatic heterocycles. The first-order valence-electron chi connectivity index (χ1n) is 11.1. The third-order valence-corrected chi connectivity index (χ3v) is 5.74. The van der Waals surface area contributed by atoms with Gasteiger partial charge in [0.15, 0.2) is 5.75 Å². The van der Waals surface area contributed by atoms with Crippen LogP contribution in [0.25, 0.3) is 11.0 Å². The number of halogens is 3. The maximum Gasteiger partial charge on any atom is 0.573 e. The predicted molar refractivity (Wildman–Crippen MR) is 127 cm³/mol. The molecule has 1 N–H and O–H groups in total. The number of guanidine groups is 1. The van der Waals surface area contributed by atoms with Crippen molar-refractivity contribution in [2.24, 2.45) is 10.9 Å². The van der Waals surface area contributed by atoms with Gasteiger partial charge in [-0.15, -0.1) is 18.2 Å². The van der Waals surface area contributed by atoms with Crippen molar-refractivity contribution in [3.63, 3.8) is 0 Å². The van der Waals surface area contributed by atoms with Crippen LogP contribution in [0.15, 0.2) is 59.7 Å². The summed E-state index contributed by atoms with van der Waals surface area (Å²) in [5.41, 5.74) is 1.66. The Kier molecular flexibility index (Phi) is 6.91. The summed E-state index contributed by atoms with van der Waals surface area (Å²) in [4.78, 5) is 17.2. The van der Waals surface area contributed by atoms with Crippen molar-refractivity contribution in [2.75, 3.05) is 29.9 Å². The molecule has 1 aromatic heterocycles. The zero-order valence-electron chi connectivity index (χ0n) is 19.2. The van der Waals surface area contributed by atoms with E-state index in [1.165, 1.54) is 18.2 Å². The molecule has 8 nitrogen and oxygen atoms in total. The van der Waals surface area contributed by atoms with Gasteiger partial charge in [0.05, 0.1) is 29.0 Å². The maximum absolute atomic E-state index is 12.9. The lowest BCUT2D eigenvalue weighted by molar-refractivity contribution is -0.274. The molecule has 0 saturated carbocycles. The van der Waals surface area contributed by atoms with E-state index in [9.17, 15) is 18.4 Å². The van der Waals surface area contributed by atoms with Gasteiger partial charge in [0.2, 0.25) is 12.2 Å². The summed E-state index contributed by atoms with van der Waals surface area (Å²) in [6, 6.07) is 13.2. The predicted octanol–water partition coefficient (Wildman–Crippen LogP) is 4.62. The first-order chi connectivity index (χ1) is 16.7. The first-order valence-corrected chi connectivity index (χ1v) is 11.1. The molecule has 3 aromatic rings. The fraction of sp³-hybridized carbons (Fsp3) is 0.333. The van der Waals surface area contributed by atoms with E-state index < -0.39 is 12.1 Å². The van der Waals surface area contributed by atoms with Crippen molar-refractivity contribution < 1.29 is 17.9 Å². The highest BCUT2D eigenvalue weighted by atomic mass is 19.4. The van der Waals surface area contributed by atoms with Crippen LogP contribution >= 0.6 is 0 Å². The summed E-state index contributed by atoms with van der Waals surface area (Å²) in [6.45, 7) is 5.67. The molecule has 35 heavy (non-hydrogen) atoms. The molecule has 1 saturated heterocycles. The second-order valence-electron chi connectivity index (χ2n) is 8.37. The van der Waals surface area contributed by atoms with Crippen molar-refractivity contribution in [2.45, 2.75) is 26.3 Å². The minimum absolute atomic E-state index is 0.0594. The highest BCUT2D eigenvalue weighted by molar-refractivity contribution is 5.96. The lowest BCUT2D eigenvalue weighted by atomic mass is 9.99. The highest BCUT2D eigenvalue weighted by Gasteiger charge is 2.34.